The Labute approximate surface area is 88.5 Å². The van der Waals surface area contributed by atoms with Crippen LogP contribution in [-0.2, 0) is 0 Å². The maximum Gasteiger partial charge on any atom is 0.263 e. The highest BCUT2D eigenvalue weighted by Crippen LogP contribution is 2.17. The van der Waals surface area contributed by atoms with Crippen molar-refractivity contribution < 1.29 is 4.79 Å². The summed E-state index contributed by atoms with van der Waals surface area (Å²) in [6.07, 6.45) is 0.854. The Morgan fingerprint density at radius 1 is 1.64 bits per heavy atom. The van der Waals surface area contributed by atoms with E-state index >= 15 is 0 Å². The third kappa shape index (κ3) is 2.56. The monoisotopic (exact) mass is 212 g/mol. The first-order valence-electron chi connectivity index (χ1n) is 4.66. The summed E-state index contributed by atoms with van der Waals surface area (Å²) in [6, 6.07) is 1.97. The lowest BCUT2D eigenvalue weighted by Gasteiger charge is -2.15. The lowest BCUT2D eigenvalue weighted by atomic mass is 10.2. The molecule has 1 heterocycles. The molecule has 2 N–H and O–H groups in total. The lowest BCUT2D eigenvalue weighted by Crippen LogP contribution is -2.28. The average Bonchev–Trinajstić information content (AvgIpc) is 2.59. The highest BCUT2D eigenvalue weighted by Gasteiger charge is 2.14. The molecule has 1 amide bonds. The molecule has 0 aliphatic carbocycles. The van der Waals surface area contributed by atoms with Crippen LogP contribution in [-0.4, -0.2) is 30.9 Å². The van der Waals surface area contributed by atoms with Crippen molar-refractivity contribution in [2.75, 3.05) is 20.1 Å². The first-order chi connectivity index (χ1) is 6.66. The Bertz CT molecular complexity index is 309. The van der Waals surface area contributed by atoms with Crippen molar-refractivity contribution in [3.05, 3.63) is 21.9 Å². The van der Waals surface area contributed by atoms with Gasteiger partial charge < -0.3 is 10.6 Å². The van der Waals surface area contributed by atoms with Gasteiger partial charge in [-0.1, -0.05) is 0 Å². The third-order valence-electron chi connectivity index (χ3n) is 2.10. The standard InChI is InChI=1S/C10H16N2OS/c1-8-4-7-14-9(8)10(13)12(2)6-3-5-11/h4,7H,3,5-6,11H2,1-2H3. The van der Waals surface area contributed by atoms with E-state index in [9.17, 15) is 4.79 Å². The van der Waals surface area contributed by atoms with E-state index in [1.807, 2.05) is 25.4 Å². The molecule has 0 atom stereocenters. The molecule has 0 bridgehead atoms. The van der Waals surface area contributed by atoms with Crippen LogP contribution >= 0.6 is 11.3 Å². The Kier molecular flexibility index (Phi) is 4.10. The zero-order chi connectivity index (χ0) is 10.6. The number of aryl methyl sites for hydroxylation is 1. The summed E-state index contributed by atoms with van der Waals surface area (Å²) in [5.41, 5.74) is 6.45. The summed E-state index contributed by atoms with van der Waals surface area (Å²) in [5, 5.41) is 1.94. The van der Waals surface area contributed by atoms with Gasteiger partial charge in [-0.15, -0.1) is 11.3 Å². The number of thiophene rings is 1. The second-order valence-corrected chi connectivity index (χ2v) is 4.22. The predicted octanol–water partition coefficient (Wildman–Crippen LogP) is 1.48. The zero-order valence-electron chi connectivity index (χ0n) is 8.62. The summed E-state index contributed by atoms with van der Waals surface area (Å²) in [5.74, 6) is 0.103. The van der Waals surface area contributed by atoms with Crippen LogP contribution in [0, 0.1) is 6.92 Å². The number of hydrogen-bond donors (Lipinski definition) is 1. The van der Waals surface area contributed by atoms with Crippen molar-refractivity contribution in [1.29, 1.82) is 0 Å². The highest BCUT2D eigenvalue weighted by molar-refractivity contribution is 7.12. The van der Waals surface area contributed by atoms with Gasteiger partial charge in [0.1, 0.15) is 0 Å². The van der Waals surface area contributed by atoms with Crippen molar-refractivity contribution in [1.82, 2.24) is 4.90 Å². The zero-order valence-corrected chi connectivity index (χ0v) is 9.43. The van der Waals surface area contributed by atoms with Crippen LogP contribution in [0.4, 0.5) is 0 Å². The van der Waals surface area contributed by atoms with Crippen molar-refractivity contribution >= 4 is 17.2 Å². The first kappa shape index (κ1) is 11.2. The van der Waals surface area contributed by atoms with Gasteiger partial charge in [0.05, 0.1) is 4.88 Å². The van der Waals surface area contributed by atoms with E-state index in [2.05, 4.69) is 0 Å². The third-order valence-corrected chi connectivity index (χ3v) is 3.11. The fourth-order valence-corrected chi connectivity index (χ4v) is 2.11. The molecule has 4 heteroatoms. The van der Waals surface area contributed by atoms with Gasteiger partial charge in [0.25, 0.3) is 5.91 Å². The number of nitrogens with two attached hydrogens (primary N) is 1. The fourth-order valence-electron chi connectivity index (χ4n) is 1.20. The van der Waals surface area contributed by atoms with Gasteiger partial charge in [-0.25, -0.2) is 0 Å². The number of carbonyl (C=O) groups excluding carboxylic acids is 1. The summed E-state index contributed by atoms with van der Waals surface area (Å²) in [7, 11) is 1.82. The minimum atomic E-state index is 0.103. The SMILES string of the molecule is Cc1ccsc1C(=O)N(C)CCCN. The van der Waals surface area contributed by atoms with Crippen LogP contribution in [0.15, 0.2) is 11.4 Å². The summed E-state index contributed by atoms with van der Waals surface area (Å²) >= 11 is 1.50. The van der Waals surface area contributed by atoms with Gasteiger partial charge in [-0.3, -0.25) is 4.79 Å². The number of nitrogens with zero attached hydrogens (tertiary/aromatic N) is 1. The molecule has 0 radical (unpaired) electrons. The van der Waals surface area contributed by atoms with E-state index in [1.165, 1.54) is 11.3 Å². The topological polar surface area (TPSA) is 46.3 Å². The highest BCUT2D eigenvalue weighted by atomic mass is 32.1. The van der Waals surface area contributed by atoms with Gasteiger partial charge in [0.2, 0.25) is 0 Å². The predicted molar refractivity (Wildman–Crippen MR) is 59.7 cm³/mol. The number of carbonyl (C=O) groups is 1. The molecule has 0 aliphatic rings. The molecule has 0 unspecified atom stereocenters. The summed E-state index contributed by atoms with van der Waals surface area (Å²) in [4.78, 5) is 14.4. The van der Waals surface area contributed by atoms with E-state index < -0.39 is 0 Å². The molecule has 0 spiro atoms. The minimum absolute atomic E-state index is 0.103. The van der Waals surface area contributed by atoms with E-state index in [0.717, 1.165) is 23.4 Å². The molecule has 0 aromatic carbocycles. The average molecular weight is 212 g/mol. The number of rotatable bonds is 4. The van der Waals surface area contributed by atoms with E-state index in [-0.39, 0.29) is 5.91 Å². The Hall–Kier alpha value is -0.870. The van der Waals surface area contributed by atoms with Crippen LogP contribution in [0.3, 0.4) is 0 Å². The molecular weight excluding hydrogens is 196 g/mol. The summed E-state index contributed by atoms with van der Waals surface area (Å²) < 4.78 is 0. The molecule has 0 saturated carbocycles. The van der Waals surface area contributed by atoms with Crippen molar-refractivity contribution in [2.24, 2.45) is 5.73 Å². The molecule has 1 rings (SSSR count). The maximum atomic E-state index is 11.8. The molecule has 0 fully saturated rings. The van der Waals surface area contributed by atoms with Crippen LogP contribution < -0.4 is 5.73 Å². The van der Waals surface area contributed by atoms with Gasteiger partial charge in [0, 0.05) is 13.6 Å². The molecule has 3 nitrogen and oxygen atoms in total. The van der Waals surface area contributed by atoms with Crippen LogP contribution in [0.2, 0.25) is 0 Å². The van der Waals surface area contributed by atoms with Crippen molar-refractivity contribution in [3.8, 4) is 0 Å². The van der Waals surface area contributed by atoms with Gasteiger partial charge in [-0.05, 0) is 36.9 Å². The van der Waals surface area contributed by atoms with Gasteiger partial charge >= 0.3 is 0 Å². The minimum Gasteiger partial charge on any atom is -0.341 e. The lowest BCUT2D eigenvalue weighted by molar-refractivity contribution is 0.0798. The summed E-state index contributed by atoms with van der Waals surface area (Å²) in [6.45, 7) is 3.31. The molecule has 78 valence electrons. The van der Waals surface area contributed by atoms with Crippen LogP contribution in [0.1, 0.15) is 21.7 Å². The van der Waals surface area contributed by atoms with Crippen LogP contribution in [0.5, 0.6) is 0 Å². The Balaban J connectivity index is 2.61. The van der Waals surface area contributed by atoms with E-state index in [1.54, 1.807) is 4.90 Å². The van der Waals surface area contributed by atoms with Gasteiger partial charge in [-0.2, -0.15) is 0 Å². The van der Waals surface area contributed by atoms with Crippen molar-refractivity contribution in [2.45, 2.75) is 13.3 Å². The second-order valence-electron chi connectivity index (χ2n) is 3.30. The smallest absolute Gasteiger partial charge is 0.263 e. The molecule has 1 aromatic rings. The van der Waals surface area contributed by atoms with Crippen LogP contribution in [0.25, 0.3) is 0 Å². The first-order valence-corrected chi connectivity index (χ1v) is 5.54. The molecular formula is C10H16N2OS. The number of hydrogen-bond acceptors (Lipinski definition) is 3. The largest absolute Gasteiger partial charge is 0.341 e. The second kappa shape index (κ2) is 5.12. The molecule has 1 aromatic heterocycles. The molecule has 0 aliphatic heterocycles. The van der Waals surface area contributed by atoms with E-state index in [4.69, 9.17) is 5.73 Å². The molecule has 14 heavy (non-hydrogen) atoms. The quantitative estimate of drug-likeness (QED) is 0.821. The normalized spacial score (nSPS) is 10.2. The van der Waals surface area contributed by atoms with Crippen molar-refractivity contribution in [3.63, 3.8) is 0 Å². The fraction of sp³-hybridized carbons (Fsp3) is 0.500. The Morgan fingerprint density at radius 3 is 2.86 bits per heavy atom. The number of amides is 1. The Morgan fingerprint density at radius 2 is 2.36 bits per heavy atom. The van der Waals surface area contributed by atoms with E-state index in [0.29, 0.717) is 6.54 Å². The maximum absolute atomic E-state index is 11.8. The molecule has 0 saturated heterocycles. The van der Waals surface area contributed by atoms with Gasteiger partial charge in [0.15, 0.2) is 0 Å².